The summed E-state index contributed by atoms with van der Waals surface area (Å²) in [5, 5.41) is 4.40. The number of ether oxygens (including phenoxy) is 1. The molecule has 3 rings (SSSR count). The molecule has 0 atom stereocenters. The van der Waals surface area contributed by atoms with Crippen LogP contribution < -0.4 is 4.74 Å². The Bertz CT molecular complexity index is 632. The number of amides is 1. The van der Waals surface area contributed by atoms with Crippen molar-refractivity contribution >= 4 is 5.91 Å². The number of carbonyl (C=O) groups is 1. The molecular formula is C16H19N3O2. The lowest BCUT2D eigenvalue weighted by Crippen LogP contribution is -2.29. The summed E-state index contributed by atoms with van der Waals surface area (Å²) in [5.74, 6) is 1.07. The van der Waals surface area contributed by atoms with E-state index in [-0.39, 0.29) is 5.91 Å². The molecule has 5 heteroatoms. The summed E-state index contributed by atoms with van der Waals surface area (Å²) in [5.41, 5.74) is 1.27. The van der Waals surface area contributed by atoms with Crippen molar-refractivity contribution in [2.75, 3.05) is 20.7 Å². The summed E-state index contributed by atoms with van der Waals surface area (Å²) in [6, 6.07) is 9.69. The van der Waals surface area contributed by atoms with Crippen LogP contribution in [0.4, 0.5) is 0 Å². The van der Waals surface area contributed by atoms with E-state index in [0.717, 1.165) is 12.2 Å². The average molecular weight is 285 g/mol. The van der Waals surface area contributed by atoms with Crippen molar-refractivity contribution in [2.24, 2.45) is 5.92 Å². The second-order valence-electron chi connectivity index (χ2n) is 5.46. The normalized spacial score (nSPS) is 14.0. The number of nitrogens with zero attached hydrogens (tertiary/aromatic N) is 3. The molecule has 0 radical (unpaired) electrons. The van der Waals surface area contributed by atoms with E-state index in [4.69, 9.17) is 4.74 Å². The molecule has 0 spiro atoms. The van der Waals surface area contributed by atoms with Crippen molar-refractivity contribution in [1.82, 2.24) is 14.7 Å². The van der Waals surface area contributed by atoms with E-state index in [0.29, 0.717) is 17.4 Å². The molecule has 1 aromatic carbocycles. The molecule has 0 bridgehead atoms. The van der Waals surface area contributed by atoms with Gasteiger partial charge in [-0.15, -0.1) is 0 Å². The van der Waals surface area contributed by atoms with Gasteiger partial charge in [0.25, 0.3) is 5.91 Å². The van der Waals surface area contributed by atoms with E-state index in [9.17, 15) is 4.79 Å². The topological polar surface area (TPSA) is 47.4 Å². The van der Waals surface area contributed by atoms with E-state index >= 15 is 0 Å². The molecule has 1 aromatic heterocycles. The van der Waals surface area contributed by atoms with Gasteiger partial charge in [-0.3, -0.25) is 4.79 Å². The molecule has 2 aromatic rings. The van der Waals surface area contributed by atoms with Gasteiger partial charge in [0.05, 0.1) is 19.0 Å². The van der Waals surface area contributed by atoms with E-state index in [1.54, 1.807) is 22.9 Å². The second kappa shape index (κ2) is 5.60. The SMILES string of the molecule is COc1cn(-c2ccccc2)nc1C(=O)N(C)CC1CC1. The Balaban J connectivity index is 1.87. The van der Waals surface area contributed by atoms with Gasteiger partial charge in [0.2, 0.25) is 0 Å². The second-order valence-corrected chi connectivity index (χ2v) is 5.46. The highest BCUT2D eigenvalue weighted by Crippen LogP contribution is 2.30. The Hall–Kier alpha value is -2.30. The van der Waals surface area contributed by atoms with Crippen molar-refractivity contribution in [3.8, 4) is 11.4 Å². The minimum atomic E-state index is -0.0894. The number of benzene rings is 1. The number of methoxy groups -OCH3 is 1. The fraction of sp³-hybridized carbons (Fsp3) is 0.375. The average Bonchev–Trinajstić information content (AvgIpc) is 3.22. The van der Waals surface area contributed by atoms with Crippen molar-refractivity contribution in [3.63, 3.8) is 0 Å². The van der Waals surface area contributed by atoms with Crippen LogP contribution in [0.25, 0.3) is 5.69 Å². The van der Waals surface area contributed by atoms with Crippen LogP contribution in [0.1, 0.15) is 23.3 Å². The maximum atomic E-state index is 12.5. The molecule has 21 heavy (non-hydrogen) atoms. The zero-order valence-corrected chi connectivity index (χ0v) is 12.3. The number of rotatable bonds is 5. The van der Waals surface area contributed by atoms with Crippen LogP contribution in [0.3, 0.4) is 0 Å². The summed E-state index contributed by atoms with van der Waals surface area (Å²) < 4.78 is 6.99. The number of aromatic nitrogens is 2. The minimum Gasteiger partial charge on any atom is -0.493 e. The summed E-state index contributed by atoms with van der Waals surface area (Å²) in [4.78, 5) is 14.2. The zero-order chi connectivity index (χ0) is 14.8. The lowest BCUT2D eigenvalue weighted by atomic mass is 10.3. The van der Waals surface area contributed by atoms with Crippen LogP contribution in [-0.4, -0.2) is 41.3 Å². The maximum absolute atomic E-state index is 12.5. The summed E-state index contributed by atoms with van der Waals surface area (Å²) in [6.07, 6.45) is 4.17. The lowest BCUT2D eigenvalue weighted by Gasteiger charge is -2.15. The highest BCUT2D eigenvalue weighted by Gasteiger charge is 2.28. The Kier molecular flexibility index (Phi) is 3.64. The molecule has 0 saturated heterocycles. The largest absolute Gasteiger partial charge is 0.493 e. The predicted molar refractivity (Wildman–Crippen MR) is 79.8 cm³/mol. The van der Waals surface area contributed by atoms with Gasteiger partial charge in [-0.05, 0) is 30.9 Å². The highest BCUT2D eigenvalue weighted by molar-refractivity contribution is 5.94. The number of carbonyl (C=O) groups excluding carboxylic acids is 1. The Labute approximate surface area is 124 Å². The van der Waals surface area contributed by atoms with E-state index in [1.165, 1.54) is 12.8 Å². The van der Waals surface area contributed by atoms with Crippen molar-refractivity contribution < 1.29 is 9.53 Å². The van der Waals surface area contributed by atoms with Gasteiger partial charge in [-0.2, -0.15) is 5.10 Å². The van der Waals surface area contributed by atoms with Crippen LogP contribution in [0, 0.1) is 5.92 Å². The fourth-order valence-corrected chi connectivity index (χ4v) is 2.32. The first kappa shape index (κ1) is 13.7. The van der Waals surface area contributed by atoms with Crippen LogP contribution in [0.15, 0.2) is 36.5 Å². The predicted octanol–water partition coefficient (Wildman–Crippen LogP) is 2.36. The fourth-order valence-electron chi connectivity index (χ4n) is 2.32. The lowest BCUT2D eigenvalue weighted by molar-refractivity contribution is 0.0779. The summed E-state index contributed by atoms with van der Waals surface area (Å²) in [7, 11) is 3.38. The van der Waals surface area contributed by atoms with Gasteiger partial charge < -0.3 is 9.64 Å². The third kappa shape index (κ3) is 2.91. The van der Waals surface area contributed by atoms with Gasteiger partial charge in [0, 0.05) is 13.6 Å². The van der Waals surface area contributed by atoms with Crippen LogP contribution in [0.2, 0.25) is 0 Å². The molecule has 0 aliphatic heterocycles. The molecule has 1 fully saturated rings. The van der Waals surface area contributed by atoms with E-state index in [1.807, 2.05) is 37.4 Å². The Morgan fingerprint density at radius 1 is 1.38 bits per heavy atom. The van der Waals surface area contributed by atoms with Crippen LogP contribution in [-0.2, 0) is 0 Å². The molecule has 1 aliphatic rings. The third-order valence-electron chi connectivity index (χ3n) is 3.70. The molecule has 1 aliphatic carbocycles. The standard InChI is InChI=1S/C16H19N3O2/c1-18(10-12-8-9-12)16(20)15-14(21-2)11-19(17-15)13-6-4-3-5-7-13/h3-7,11-12H,8-10H2,1-2H3. The van der Waals surface area contributed by atoms with Crippen molar-refractivity contribution in [2.45, 2.75) is 12.8 Å². The zero-order valence-electron chi connectivity index (χ0n) is 12.3. The van der Waals surface area contributed by atoms with Gasteiger partial charge in [0.15, 0.2) is 11.4 Å². The first-order valence-corrected chi connectivity index (χ1v) is 7.13. The molecule has 1 saturated carbocycles. The summed E-state index contributed by atoms with van der Waals surface area (Å²) >= 11 is 0. The van der Waals surface area contributed by atoms with Gasteiger partial charge in [-0.25, -0.2) is 4.68 Å². The van der Waals surface area contributed by atoms with Gasteiger partial charge >= 0.3 is 0 Å². The van der Waals surface area contributed by atoms with E-state index < -0.39 is 0 Å². The molecule has 1 heterocycles. The van der Waals surface area contributed by atoms with Crippen LogP contribution in [0.5, 0.6) is 5.75 Å². The molecule has 5 nitrogen and oxygen atoms in total. The third-order valence-corrected chi connectivity index (χ3v) is 3.70. The molecular weight excluding hydrogens is 266 g/mol. The molecule has 1 amide bonds. The number of hydrogen-bond acceptors (Lipinski definition) is 3. The van der Waals surface area contributed by atoms with Crippen LogP contribution >= 0.6 is 0 Å². The number of hydrogen-bond donors (Lipinski definition) is 0. The smallest absolute Gasteiger partial charge is 0.278 e. The first-order chi connectivity index (χ1) is 10.2. The molecule has 110 valence electrons. The quantitative estimate of drug-likeness (QED) is 0.847. The minimum absolute atomic E-state index is 0.0894. The van der Waals surface area contributed by atoms with Gasteiger partial charge in [0.1, 0.15) is 0 Å². The maximum Gasteiger partial charge on any atom is 0.278 e. The first-order valence-electron chi connectivity index (χ1n) is 7.13. The highest BCUT2D eigenvalue weighted by atomic mass is 16.5. The van der Waals surface area contributed by atoms with Crippen molar-refractivity contribution in [1.29, 1.82) is 0 Å². The Morgan fingerprint density at radius 3 is 2.71 bits per heavy atom. The molecule has 0 N–H and O–H groups in total. The van der Waals surface area contributed by atoms with Gasteiger partial charge in [-0.1, -0.05) is 18.2 Å². The monoisotopic (exact) mass is 285 g/mol. The number of para-hydroxylation sites is 1. The van der Waals surface area contributed by atoms with E-state index in [2.05, 4.69) is 5.10 Å². The Morgan fingerprint density at radius 2 is 2.10 bits per heavy atom. The molecule has 0 unspecified atom stereocenters. The summed E-state index contributed by atoms with van der Waals surface area (Å²) in [6.45, 7) is 0.792. The van der Waals surface area contributed by atoms with Crippen molar-refractivity contribution in [3.05, 3.63) is 42.2 Å².